The van der Waals surface area contributed by atoms with E-state index in [1.807, 2.05) is 25.1 Å². The van der Waals surface area contributed by atoms with E-state index in [1.165, 1.54) is 0 Å². The summed E-state index contributed by atoms with van der Waals surface area (Å²) >= 11 is 3.39. The Morgan fingerprint density at radius 1 is 1.57 bits per heavy atom. The van der Waals surface area contributed by atoms with Gasteiger partial charge in [-0.2, -0.15) is 0 Å². The number of rotatable bonds is 4. The summed E-state index contributed by atoms with van der Waals surface area (Å²) in [5.74, 6) is 0.861. The van der Waals surface area contributed by atoms with Gasteiger partial charge in [-0.1, -0.05) is 22.9 Å². The lowest BCUT2D eigenvalue weighted by Gasteiger charge is -2.10. The smallest absolute Gasteiger partial charge is 0.123 e. The van der Waals surface area contributed by atoms with Crippen LogP contribution < -0.4 is 4.74 Å². The standard InChI is InChI=1S/C11H13BrO2/c1-8(7-13)5-9-6-10(12)3-4-11(9)14-2/h3-4,6-8H,5H2,1-2H3. The summed E-state index contributed by atoms with van der Waals surface area (Å²) in [5, 5.41) is 0. The topological polar surface area (TPSA) is 26.3 Å². The molecule has 0 saturated heterocycles. The zero-order valence-corrected chi connectivity index (χ0v) is 9.87. The first kappa shape index (κ1) is 11.2. The minimum atomic E-state index is 0.0261. The van der Waals surface area contributed by atoms with Crippen molar-refractivity contribution in [1.29, 1.82) is 0 Å². The molecule has 3 heteroatoms. The quantitative estimate of drug-likeness (QED) is 0.775. The van der Waals surface area contributed by atoms with Gasteiger partial charge in [0.05, 0.1) is 7.11 Å². The third-order valence-electron chi connectivity index (χ3n) is 2.02. The van der Waals surface area contributed by atoms with E-state index in [0.29, 0.717) is 6.42 Å². The molecule has 1 unspecified atom stereocenters. The molecule has 0 spiro atoms. The van der Waals surface area contributed by atoms with Crippen LogP contribution in [0.4, 0.5) is 0 Å². The van der Waals surface area contributed by atoms with Crippen LogP contribution in [0.2, 0.25) is 0 Å². The van der Waals surface area contributed by atoms with Gasteiger partial charge in [-0.25, -0.2) is 0 Å². The van der Waals surface area contributed by atoms with Gasteiger partial charge < -0.3 is 9.53 Å². The normalized spacial score (nSPS) is 12.2. The molecule has 2 nitrogen and oxygen atoms in total. The van der Waals surface area contributed by atoms with Crippen molar-refractivity contribution in [2.45, 2.75) is 13.3 Å². The van der Waals surface area contributed by atoms with Crippen LogP contribution in [0.15, 0.2) is 22.7 Å². The molecule has 1 aromatic rings. The third kappa shape index (κ3) is 2.84. The van der Waals surface area contributed by atoms with Gasteiger partial charge >= 0.3 is 0 Å². The minimum Gasteiger partial charge on any atom is -0.496 e. The largest absolute Gasteiger partial charge is 0.496 e. The maximum Gasteiger partial charge on any atom is 0.123 e. The molecule has 0 aliphatic heterocycles. The van der Waals surface area contributed by atoms with Crippen LogP contribution in [0.1, 0.15) is 12.5 Å². The lowest BCUT2D eigenvalue weighted by molar-refractivity contribution is -0.110. The van der Waals surface area contributed by atoms with Gasteiger partial charge in [-0.3, -0.25) is 0 Å². The Kier molecular flexibility index (Phi) is 4.14. The van der Waals surface area contributed by atoms with Crippen LogP contribution in [0.3, 0.4) is 0 Å². The highest BCUT2D eigenvalue weighted by Crippen LogP contribution is 2.24. The fraction of sp³-hybridized carbons (Fsp3) is 0.364. The Balaban J connectivity index is 2.92. The fourth-order valence-corrected chi connectivity index (χ4v) is 1.71. The van der Waals surface area contributed by atoms with Crippen LogP contribution in [0.5, 0.6) is 5.75 Å². The molecule has 0 heterocycles. The molecule has 0 aromatic heterocycles. The van der Waals surface area contributed by atoms with Gasteiger partial charge in [0.2, 0.25) is 0 Å². The highest BCUT2D eigenvalue weighted by molar-refractivity contribution is 9.10. The molecule has 0 fully saturated rings. The van der Waals surface area contributed by atoms with Crippen molar-refractivity contribution < 1.29 is 9.53 Å². The van der Waals surface area contributed by atoms with Crippen molar-refractivity contribution in [1.82, 2.24) is 0 Å². The van der Waals surface area contributed by atoms with Crippen LogP contribution in [-0.4, -0.2) is 13.4 Å². The van der Waals surface area contributed by atoms with Crippen LogP contribution in [0, 0.1) is 5.92 Å². The zero-order chi connectivity index (χ0) is 10.6. The summed E-state index contributed by atoms with van der Waals surface area (Å²) in [6, 6.07) is 5.81. The molecule has 1 rings (SSSR count). The Hall–Kier alpha value is -0.830. The highest BCUT2D eigenvalue weighted by atomic mass is 79.9. The number of aldehydes is 1. The average molecular weight is 257 g/mol. The number of benzene rings is 1. The Bertz CT molecular complexity index is 323. The number of hydrogen-bond donors (Lipinski definition) is 0. The van der Waals surface area contributed by atoms with Crippen molar-refractivity contribution in [3.63, 3.8) is 0 Å². The summed E-state index contributed by atoms with van der Waals surface area (Å²) in [6.45, 7) is 1.90. The van der Waals surface area contributed by atoms with Gasteiger partial charge in [-0.05, 0) is 30.2 Å². The van der Waals surface area contributed by atoms with Crippen molar-refractivity contribution in [2.24, 2.45) is 5.92 Å². The van der Waals surface area contributed by atoms with Crippen molar-refractivity contribution in [2.75, 3.05) is 7.11 Å². The molecule has 1 atom stereocenters. The van der Waals surface area contributed by atoms with Gasteiger partial charge in [-0.15, -0.1) is 0 Å². The second-order valence-electron chi connectivity index (χ2n) is 3.27. The molecule has 0 N–H and O–H groups in total. The number of hydrogen-bond acceptors (Lipinski definition) is 2. The SMILES string of the molecule is COc1ccc(Br)cc1CC(C)C=O. The monoisotopic (exact) mass is 256 g/mol. The van der Waals surface area contributed by atoms with E-state index < -0.39 is 0 Å². The first-order valence-electron chi connectivity index (χ1n) is 4.45. The first-order chi connectivity index (χ1) is 6.67. The molecule has 0 bridgehead atoms. The first-order valence-corrected chi connectivity index (χ1v) is 5.24. The lowest BCUT2D eigenvalue weighted by atomic mass is 10.0. The van der Waals surface area contributed by atoms with Crippen molar-refractivity contribution in [3.8, 4) is 5.75 Å². The second kappa shape index (κ2) is 5.15. The Morgan fingerprint density at radius 2 is 2.29 bits per heavy atom. The summed E-state index contributed by atoms with van der Waals surface area (Å²) in [5.41, 5.74) is 1.06. The molecule has 0 aliphatic rings. The van der Waals surface area contributed by atoms with Gasteiger partial charge in [0.25, 0.3) is 0 Å². The number of carbonyl (C=O) groups excluding carboxylic acids is 1. The zero-order valence-electron chi connectivity index (χ0n) is 8.29. The molecular weight excluding hydrogens is 244 g/mol. The Labute approximate surface area is 92.4 Å². The van der Waals surface area contributed by atoms with Crippen molar-refractivity contribution >= 4 is 22.2 Å². The molecule has 76 valence electrons. The number of ether oxygens (including phenoxy) is 1. The molecule has 0 amide bonds. The average Bonchev–Trinajstić information content (AvgIpc) is 2.18. The van der Waals surface area contributed by atoms with E-state index in [-0.39, 0.29) is 5.92 Å². The van der Waals surface area contributed by atoms with E-state index in [4.69, 9.17) is 4.74 Å². The van der Waals surface area contributed by atoms with Crippen LogP contribution in [0.25, 0.3) is 0 Å². The maximum atomic E-state index is 10.5. The summed E-state index contributed by atoms with van der Waals surface area (Å²) in [7, 11) is 1.64. The third-order valence-corrected chi connectivity index (χ3v) is 2.51. The molecule has 1 aromatic carbocycles. The van der Waals surface area contributed by atoms with Gasteiger partial charge in [0.15, 0.2) is 0 Å². The number of carbonyl (C=O) groups is 1. The number of methoxy groups -OCH3 is 1. The highest BCUT2D eigenvalue weighted by Gasteiger charge is 2.07. The predicted octanol–water partition coefficient (Wildman–Crippen LogP) is 2.84. The van der Waals surface area contributed by atoms with Crippen LogP contribution in [-0.2, 0) is 11.2 Å². The summed E-state index contributed by atoms with van der Waals surface area (Å²) in [4.78, 5) is 10.5. The van der Waals surface area contributed by atoms with E-state index in [1.54, 1.807) is 7.11 Å². The van der Waals surface area contributed by atoms with E-state index in [9.17, 15) is 4.79 Å². The Morgan fingerprint density at radius 3 is 2.86 bits per heavy atom. The lowest BCUT2D eigenvalue weighted by Crippen LogP contribution is -2.02. The van der Waals surface area contributed by atoms with Crippen molar-refractivity contribution in [3.05, 3.63) is 28.2 Å². The minimum absolute atomic E-state index is 0.0261. The molecule has 14 heavy (non-hydrogen) atoms. The predicted molar refractivity (Wildman–Crippen MR) is 59.6 cm³/mol. The molecular formula is C11H13BrO2. The van der Waals surface area contributed by atoms with Crippen LogP contribution >= 0.6 is 15.9 Å². The van der Waals surface area contributed by atoms with Gasteiger partial charge in [0.1, 0.15) is 12.0 Å². The number of halogens is 1. The van der Waals surface area contributed by atoms with E-state index >= 15 is 0 Å². The van der Waals surface area contributed by atoms with E-state index in [0.717, 1.165) is 22.1 Å². The molecule has 0 radical (unpaired) electrons. The molecule has 0 aliphatic carbocycles. The second-order valence-corrected chi connectivity index (χ2v) is 4.19. The fourth-order valence-electron chi connectivity index (χ4n) is 1.30. The van der Waals surface area contributed by atoms with Gasteiger partial charge in [0, 0.05) is 10.4 Å². The molecule has 0 saturated carbocycles. The summed E-state index contributed by atoms with van der Waals surface area (Å²) < 4.78 is 6.21. The maximum absolute atomic E-state index is 10.5. The summed E-state index contributed by atoms with van der Waals surface area (Å²) in [6.07, 6.45) is 1.67. The van der Waals surface area contributed by atoms with E-state index in [2.05, 4.69) is 15.9 Å².